The standard InChI is InChI=1S/C20H15F4NO2/c21-14-6-4-11(5-7-14)18-17(26)16(19(27-18)25-15-8-9-15)12-2-1-3-13(10-12)20(22,23)24/h1-7,10,15,25-26H,8-9H2. The molecule has 0 aliphatic heterocycles. The van der Waals surface area contributed by atoms with E-state index in [0.717, 1.165) is 25.0 Å². The highest BCUT2D eigenvalue weighted by Gasteiger charge is 2.32. The minimum atomic E-state index is -4.50. The summed E-state index contributed by atoms with van der Waals surface area (Å²) >= 11 is 0. The monoisotopic (exact) mass is 377 g/mol. The van der Waals surface area contributed by atoms with Gasteiger partial charge in [-0.15, -0.1) is 0 Å². The lowest BCUT2D eigenvalue weighted by molar-refractivity contribution is -0.137. The van der Waals surface area contributed by atoms with Crippen LogP contribution in [0.2, 0.25) is 0 Å². The summed E-state index contributed by atoms with van der Waals surface area (Å²) < 4.78 is 58.1. The molecule has 27 heavy (non-hydrogen) atoms. The van der Waals surface area contributed by atoms with Gasteiger partial charge >= 0.3 is 6.18 Å². The first-order valence-electron chi connectivity index (χ1n) is 8.39. The summed E-state index contributed by atoms with van der Waals surface area (Å²) in [7, 11) is 0. The number of furan rings is 1. The number of alkyl halides is 3. The first-order chi connectivity index (χ1) is 12.8. The number of aromatic hydroxyl groups is 1. The minimum Gasteiger partial charge on any atom is -0.504 e. The fourth-order valence-corrected chi connectivity index (χ4v) is 2.85. The van der Waals surface area contributed by atoms with Crippen LogP contribution in [-0.2, 0) is 6.18 Å². The molecule has 0 unspecified atom stereocenters. The Balaban J connectivity index is 1.85. The average Bonchev–Trinajstić information content (AvgIpc) is 3.38. The van der Waals surface area contributed by atoms with E-state index in [0.29, 0.717) is 5.56 Å². The molecule has 1 fully saturated rings. The Hall–Kier alpha value is -2.96. The maximum Gasteiger partial charge on any atom is 0.416 e. The summed E-state index contributed by atoms with van der Waals surface area (Å²) in [5.41, 5.74) is -0.0535. The molecule has 3 aromatic rings. The molecular formula is C20H15F4NO2. The van der Waals surface area contributed by atoms with Crippen LogP contribution in [0.15, 0.2) is 52.9 Å². The molecule has 0 bridgehead atoms. The number of hydrogen-bond donors (Lipinski definition) is 2. The van der Waals surface area contributed by atoms with Gasteiger partial charge in [0, 0.05) is 11.6 Å². The fourth-order valence-electron chi connectivity index (χ4n) is 2.85. The average molecular weight is 377 g/mol. The van der Waals surface area contributed by atoms with Crippen molar-refractivity contribution >= 4 is 5.88 Å². The van der Waals surface area contributed by atoms with Crippen molar-refractivity contribution in [2.75, 3.05) is 5.32 Å². The molecule has 7 heteroatoms. The smallest absolute Gasteiger partial charge is 0.416 e. The molecule has 1 saturated carbocycles. The number of halogens is 4. The predicted molar refractivity (Wildman–Crippen MR) is 92.8 cm³/mol. The van der Waals surface area contributed by atoms with E-state index in [2.05, 4.69) is 5.32 Å². The predicted octanol–water partition coefficient (Wildman–Crippen LogP) is 6.05. The lowest BCUT2D eigenvalue weighted by Gasteiger charge is -2.09. The van der Waals surface area contributed by atoms with Crippen LogP contribution in [0.3, 0.4) is 0 Å². The molecule has 0 atom stereocenters. The lowest BCUT2D eigenvalue weighted by atomic mass is 10.0. The molecule has 2 N–H and O–H groups in total. The Morgan fingerprint density at radius 1 is 1.00 bits per heavy atom. The Kier molecular flexibility index (Phi) is 4.09. The Labute approximate surface area is 152 Å². The van der Waals surface area contributed by atoms with Crippen LogP contribution in [0.1, 0.15) is 18.4 Å². The lowest BCUT2D eigenvalue weighted by Crippen LogP contribution is -2.05. The zero-order valence-electron chi connectivity index (χ0n) is 14.0. The van der Waals surface area contributed by atoms with Gasteiger partial charge in [0.05, 0.1) is 11.1 Å². The molecule has 140 valence electrons. The molecule has 1 heterocycles. The Morgan fingerprint density at radius 2 is 1.70 bits per heavy atom. The van der Waals surface area contributed by atoms with E-state index in [4.69, 9.17) is 4.42 Å². The number of nitrogens with one attached hydrogen (secondary N) is 1. The normalized spacial score (nSPS) is 14.4. The molecule has 1 aliphatic carbocycles. The molecule has 0 spiro atoms. The van der Waals surface area contributed by atoms with Gasteiger partial charge in [0.25, 0.3) is 0 Å². The molecule has 3 nitrogen and oxygen atoms in total. The summed E-state index contributed by atoms with van der Waals surface area (Å²) in [6, 6.07) is 10.2. The van der Waals surface area contributed by atoms with E-state index >= 15 is 0 Å². The van der Waals surface area contributed by atoms with Gasteiger partial charge in [-0.1, -0.05) is 12.1 Å². The topological polar surface area (TPSA) is 45.4 Å². The maximum absolute atomic E-state index is 13.2. The molecule has 0 saturated heterocycles. The van der Waals surface area contributed by atoms with Crippen molar-refractivity contribution < 1.29 is 27.1 Å². The number of anilines is 1. The first-order valence-corrected chi connectivity index (χ1v) is 8.39. The van der Waals surface area contributed by atoms with E-state index in [-0.39, 0.29) is 34.6 Å². The summed E-state index contributed by atoms with van der Waals surface area (Å²) in [5.74, 6) is -0.456. The molecule has 4 rings (SSSR count). The van der Waals surface area contributed by atoms with Gasteiger partial charge in [0.2, 0.25) is 5.88 Å². The van der Waals surface area contributed by atoms with Gasteiger partial charge in [-0.25, -0.2) is 4.39 Å². The van der Waals surface area contributed by atoms with E-state index in [1.54, 1.807) is 0 Å². The zero-order chi connectivity index (χ0) is 19.2. The highest BCUT2D eigenvalue weighted by Crippen LogP contribution is 2.48. The Morgan fingerprint density at radius 3 is 2.33 bits per heavy atom. The first kappa shape index (κ1) is 17.5. The van der Waals surface area contributed by atoms with Crippen molar-refractivity contribution in [3.63, 3.8) is 0 Å². The van der Waals surface area contributed by atoms with E-state index in [9.17, 15) is 22.7 Å². The van der Waals surface area contributed by atoms with Crippen LogP contribution >= 0.6 is 0 Å². The third-order valence-corrected chi connectivity index (χ3v) is 4.38. The Bertz CT molecular complexity index is 973. The second-order valence-electron chi connectivity index (χ2n) is 6.49. The second kappa shape index (κ2) is 6.33. The molecule has 2 aromatic carbocycles. The third kappa shape index (κ3) is 3.49. The van der Waals surface area contributed by atoms with Crippen LogP contribution in [0, 0.1) is 5.82 Å². The van der Waals surface area contributed by atoms with Crippen molar-refractivity contribution in [2.45, 2.75) is 25.1 Å². The molecule has 1 aromatic heterocycles. The van der Waals surface area contributed by atoms with Gasteiger partial charge in [-0.2, -0.15) is 13.2 Å². The van der Waals surface area contributed by atoms with E-state index in [1.165, 1.54) is 36.4 Å². The minimum absolute atomic E-state index is 0.0746. The van der Waals surface area contributed by atoms with Crippen LogP contribution in [0.4, 0.5) is 23.4 Å². The van der Waals surface area contributed by atoms with Crippen molar-refractivity contribution in [3.05, 3.63) is 59.9 Å². The fraction of sp³-hybridized carbons (Fsp3) is 0.200. The SMILES string of the molecule is Oc1c(-c2ccc(F)cc2)oc(NC2CC2)c1-c1cccc(C(F)(F)F)c1. The van der Waals surface area contributed by atoms with Gasteiger partial charge in [0.1, 0.15) is 5.82 Å². The van der Waals surface area contributed by atoms with Crippen molar-refractivity contribution in [3.8, 4) is 28.2 Å². The van der Waals surface area contributed by atoms with Crippen LogP contribution < -0.4 is 5.32 Å². The van der Waals surface area contributed by atoms with Gasteiger partial charge < -0.3 is 14.8 Å². The number of benzene rings is 2. The highest BCUT2D eigenvalue weighted by atomic mass is 19.4. The van der Waals surface area contributed by atoms with Gasteiger partial charge in [0.15, 0.2) is 11.5 Å². The third-order valence-electron chi connectivity index (χ3n) is 4.38. The summed E-state index contributed by atoms with van der Waals surface area (Å²) in [6.45, 7) is 0. The number of rotatable bonds is 4. The molecule has 0 amide bonds. The van der Waals surface area contributed by atoms with Crippen molar-refractivity contribution in [2.24, 2.45) is 0 Å². The molecular weight excluding hydrogens is 362 g/mol. The molecule has 0 radical (unpaired) electrons. The second-order valence-corrected chi connectivity index (χ2v) is 6.49. The van der Waals surface area contributed by atoms with E-state index < -0.39 is 17.6 Å². The molecule has 1 aliphatic rings. The summed E-state index contributed by atoms with van der Waals surface area (Å²) in [6.07, 6.45) is -2.68. The zero-order valence-corrected chi connectivity index (χ0v) is 14.0. The van der Waals surface area contributed by atoms with Crippen LogP contribution in [0.25, 0.3) is 22.5 Å². The van der Waals surface area contributed by atoms with E-state index in [1.807, 2.05) is 0 Å². The maximum atomic E-state index is 13.2. The van der Waals surface area contributed by atoms with Gasteiger partial charge in [-0.3, -0.25) is 0 Å². The van der Waals surface area contributed by atoms with Crippen molar-refractivity contribution in [1.29, 1.82) is 0 Å². The largest absolute Gasteiger partial charge is 0.504 e. The highest BCUT2D eigenvalue weighted by molar-refractivity contribution is 5.87. The quantitative estimate of drug-likeness (QED) is 0.544. The summed E-state index contributed by atoms with van der Waals surface area (Å²) in [5, 5.41) is 13.8. The van der Waals surface area contributed by atoms with Gasteiger partial charge in [-0.05, 0) is 54.8 Å². The summed E-state index contributed by atoms with van der Waals surface area (Å²) in [4.78, 5) is 0. The van der Waals surface area contributed by atoms with Crippen LogP contribution in [0.5, 0.6) is 5.75 Å². The van der Waals surface area contributed by atoms with Crippen LogP contribution in [-0.4, -0.2) is 11.1 Å². The van der Waals surface area contributed by atoms with Crippen molar-refractivity contribution in [1.82, 2.24) is 0 Å². The number of hydrogen-bond acceptors (Lipinski definition) is 3.